The second-order valence-corrected chi connectivity index (χ2v) is 8.05. The lowest BCUT2D eigenvalue weighted by Crippen LogP contribution is -2.34. The van der Waals surface area contributed by atoms with Gasteiger partial charge in [0.25, 0.3) is 5.91 Å². The standard InChI is InChI=1S/C18H20N2O5S2/c1-20(12-16-7-9-26-14-16)17(21)13-25-18(22)11-19-27(23,24)10-8-15-5-3-2-4-6-15/h2-10,14,19H,11-13H2,1H3/b10-8+. The summed E-state index contributed by atoms with van der Waals surface area (Å²) in [5, 5.41) is 4.80. The van der Waals surface area contributed by atoms with Crippen LogP contribution in [0.15, 0.2) is 52.6 Å². The van der Waals surface area contributed by atoms with Crippen LogP contribution >= 0.6 is 11.3 Å². The van der Waals surface area contributed by atoms with Crippen molar-refractivity contribution in [2.45, 2.75) is 6.54 Å². The van der Waals surface area contributed by atoms with Crippen LogP contribution < -0.4 is 4.72 Å². The van der Waals surface area contributed by atoms with Crippen molar-refractivity contribution in [2.75, 3.05) is 20.2 Å². The Morgan fingerprint density at radius 2 is 1.96 bits per heavy atom. The minimum Gasteiger partial charge on any atom is -0.455 e. The van der Waals surface area contributed by atoms with Crippen molar-refractivity contribution in [3.8, 4) is 0 Å². The fourth-order valence-corrected chi connectivity index (χ4v) is 3.40. The van der Waals surface area contributed by atoms with Gasteiger partial charge in [-0.1, -0.05) is 30.3 Å². The molecule has 2 rings (SSSR count). The van der Waals surface area contributed by atoms with E-state index in [-0.39, 0.29) is 5.91 Å². The van der Waals surface area contributed by atoms with Crippen molar-refractivity contribution < 1.29 is 22.7 Å². The minimum absolute atomic E-state index is 0.374. The molecule has 0 spiro atoms. The predicted octanol–water partition coefficient (Wildman–Crippen LogP) is 1.84. The third-order valence-electron chi connectivity index (χ3n) is 3.44. The molecule has 0 aliphatic carbocycles. The van der Waals surface area contributed by atoms with Gasteiger partial charge in [-0.05, 0) is 34.0 Å². The third-order valence-corrected chi connectivity index (χ3v) is 5.21. The number of likely N-dealkylation sites (N-methyl/N-ethyl adjacent to an activating group) is 1. The van der Waals surface area contributed by atoms with E-state index in [1.807, 2.05) is 22.9 Å². The van der Waals surface area contributed by atoms with E-state index in [1.165, 1.54) is 22.3 Å². The lowest BCUT2D eigenvalue weighted by molar-refractivity contribution is -0.150. The van der Waals surface area contributed by atoms with E-state index in [1.54, 1.807) is 31.3 Å². The smallest absolute Gasteiger partial charge is 0.321 e. The van der Waals surface area contributed by atoms with Crippen LogP contribution in [0.25, 0.3) is 6.08 Å². The molecule has 1 amide bonds. The van der Waals surface area contributed by atoms with Gasteiger partial charge in [-0.2, -0.15) is 11.3 Å². The summed E-state index contributed by atoms with van der Waals surface area (Å²) >= 11 is 1.53. The number of sulfonamides is 1. The molecular weight excluding hydrogens is 388 g/mol. The van der Waals surface area contributed by atoms with Gasteiger partial charge >= 0.3 is 5.97 Å². The number of amides is 1. The topological polar surface area (TPSA) is 92.8 Å². The Bertz CT molecular complexity index is 878. The zero-order valence-corrected chi connectivity index (χ0v) is 16.3. The van der Waals surface area contributed by atoms with Crippen LogP contribution in [-0.4, -0.2) is 45.4 Å². The first-order chi connectivity index (χ1) is 12.9. The van der Waals surface area contributed by atoms with Gasteiger partial charge in [0.15, 0.2) is 6.61 Å². The molecule has 0 fully saturated rings. The highest BCUT2D eigenvalue weighted by molar-refractivity contribution is 7.92. The van der Waals surface area contributed by atoms with Crippen molar-refractivity contribution in [3.63, 3.8) is 0 Å². The van der Waals surface area contributed by atoms with Gasteiger partial charge in [0.1, 0.15) is 6.54 Å². The monoisotopic (exact) mass is 408 g/mol. The van der Waals surface area contributed by atoms with Crippen LogP contribution in [0.4, 0.5) is 0 Å². The SMILES string of the molecule is CN(Cc1ccsc1)C(=O)COC(=O)CNS(=O)(=O)/C=C/c1ccccc1. The summed E-state index contributed by atoms with van der Waals surface area (Å²) in [5.74, 6) is -1.20. The molecule has 2 aromatic rings. The number of hydrogen-bond donors (Lipinski definition) is 1. The molecule has 7 nitrogen and oxygen atoms in total. The third kappa shape index (κ3) is 7.73. The van der Waals surface area contributed by atoms with Crippen LogP contribution in [-0.2, 0) is 30.9 Å². The van der Waals surface area contributed by atoms with Crippen LogP contribution in [0.2, 0.25) is 0 Å². The molecule has 1 N–H and O–H groups in total. The summed E-state index contributed by atoms with van der Waals surface area (Å²) in [6.45, 7) is -0.583. The Kier molecular flexibility index (Phi) is 7.71. The molecule has 1 aromatic carbocycles. The van der Waals surface area contributed by atoms with Gasteiger partial charge in [-0.25, -0.2) is 13.1 Å². The molecule has 0 unspecified atom stereocenters. The van der Waals surface area contributed by atoms with E-state index in [0.717, 1.165) is 11.0 Å². The number of esters is 1. The van der Waals surface area contributed by atoms with Crippen molar-refractivity contribution in [1.29, 1.82) is 0 Å². The molecule has 0 atom stereocenters. The van der Waals surface area contributed by atoms with Crippen LogP contribution in [0.1, 0.15) is 11.1 Å². The number of carbonyl (C=O) groups excluding carboxylic acids is 2. The van der Waals surface area contributed by atoms with Crippen LogP contribution in [0.3, 0.4) is 0 Å². The van der Waals surface area contributed by atoms with E-state index in [2.05, 4.69) is 4.72 Å². The quantitative estimate of drug-likeness (QED) is 0.639. The van der Waals surface area contributed by atoms with Gasteiger partial charge in [0.2, 0.25) is 10.0 Å². The molecule has 0 aliphatic rings. The van der Waals surface area contributed by atoms with Gasteiger partial charge in [0.05, 0.1) is 0 Å². The average molecular weight is 409 g/mol. The van der Waals surface area contributed by atoms with Crippen molar-refractivity contribution in [2.24, 2.45) is 0 Å². The summed E-state index contributed by atoms with van der Waals surface area (Å²) in [6.07, 6.45) is 1.41. The maximum atomic E-state index is 11.9. The summed E-state index contributed by atoms with van der Waals surface area (Å²) in [5.41, 5.74) is 1.70. The number of nitrogens with zero attached hydrogens (tertiary/aromatic N) is 1. The maximum Gasteiger partial charge on any atom is 0.321 e. The molecule has 0 bridgehead atoms. The van der Waals surface area contributed by atoms with E-state index in [0.29, 0.717) is 12.1 Å². The molecule has 1 aromatic heterocycles. The predicted molar refractivity (Wildman–Crippen MR) is 104 cm³/mol. The lowest BCUT2D eigenvalue weighted by Gasteiger charge is -2.16. The first-order valence-electron chi connectivity index (χ1n) is 7.99. The zero-order valence-electron chi connectivity index (χ0n) is 14.7. The minimum atomic E-state index is -3.79. The summed E-state index contributed by atoms with van der Waals surface area (Å²) in [7, 11) is -2.19. The molecule has 0 radical (unpaired) electrons. The fraction of sp³-hybridized carbons (Fsp3) is 0.222. The molecule has 27 heavy (non-hydrogen) atoms. The molecule has 9 heteroatoms. The molecule has 144 valence electrons. The largest absolute Gasteiger partial charge is 0.455 e. The van der Waals surface area contributed by atoms with Gasteiger partial charge in [-0.15, -0.1) is 0 Å². The van der Waals surface area contributed by atoms with Gasteiger partial charge in [0, 0.05) is 19.0 Å². The Morgan fingerprint density at radius 3 is 2.63 bits per heavy atom. The number of hydrogen-bond acceptors (Lipinski definition) is 6. The number of carbonyl (C=O) groups is 2. The van der Waals surface area contributed by atoms with Crippen molar-refractivity contribution in [1.82, 2.24) is 9.62 Å². The number of ether oxygens (including phenoxy) is 1. The molecule has 0 saturated carbocycles. The second kappa shape index (κ2) is 10.0. The lowest BCUT2D eigenvalue weighted by atomic mass is 10.2. The Balaban J connectivity index is 1.73. The summed E-state index contributed by atoms with van der Waals surface area (Å²) < 4.78 is 30.6. The van der Waals surface area contributed by atoms with E-state index in [4.69, 9.17) is 4.74 Å². The second-order valence-electron chi connectivity index (χ2n) is 5.62. The normalized spacial score (nSPS) is 11.4. The Morgan fingerprint density at radius 1 is 1.22 bits per heavy atom. The zero-order chi connectivity index (χ0) is 19.7. The molecule has 0 aliphatic heterocycles. The van der Waals surface area contributed by atoms with Crippen molar-refractivity contribution in [3.05, 3.63) is 63.7 Å². The van der Waals surface area contributed by atoms with Crippen molar-refractivity contribution >= 4 is 39.3 Å². The fourth-order valence-electron chi connectivity index (χ4n) is 1.99. The summed E-state index contributed by atoms with van der Waals surface area (Å²) in [6, 6.07) is 10.8. The highest BCUT2D eigenvalue weighted by Gasteiger charge is 2.14. The average Bonchev–Trinajstić information content (AvgIpc) is 3.17. The number of rotatable bonds is 9. The van der Waals surface area contributed by atoms with Crippen LogP contribution in [0, 0.1) is 0 Å². The summed E-state index contributed by atoms with van der Waals surface area (Å²) in [4.78, 5) is 25.0. The molecule has 0 saturated heterocycles. The first-order valence-corrected chi connectivity index (χ1v) is 10.5. The number of thiophene rings is 1. The van der Waals surface area contributed by atoms with Gasteiger partial charge < -0.3 is 9.64 Å². The maximum absolute atomic E-state index is 11.9. The van der Waals surface area contributed by atoms with E-state index >= 15 is 0 Å². The first kappa shape index (κ1) is 20.8. The number of nitrogens with one attached hydrogen (secondary N) is 1. The highest BCUT2D eigenvalue weighted by Crippen LogP contribution is 2.08. The Hall–Kier alpha value is -2.49. The van der Waals surface area contributed by atoms with E-state index in [9.17, 15) is 18.0 Å². The van der Waals surface area contributed by atoms with E-state index < -0.39 is 29.1 Å². The van der Waals surface area contributed by atoms with Gasteiger partial charge in [-0.3, -0.25) is 9.59 Å². The molecular formula is C18H20N2O5S2. The number of benzene rings is 1. The molecule has 1 heterocycles. The van der Waals surface area contributed by atoms with Crippen LogP contribution in [0.5, 0.6) is 0 Å². The Labute approximate surface area is 162 Å². The highest BCUT2D eigenvalue weighted by atomic mass is 32.2.